The number of carbonyl (C=O) groups excluding carboxylic acids is 1. The van der Waals surface area contributed by atoms with Crippen LogP contribution in [0, 0.1) is 0 Å². The van der Waals surface area contributed by atoms with Crippen LogP contribution in [-0.2, 0) is 0 Å². The van der Waals surface area contributed by atoms with Crippen LogP contribution in [0.25, 0.3) is 22.8 Å². The van der Waals surface area contributed by atoms with Gasteiger partial charge in [-0.25, -0.2) is 4.79 Å². The molecule has 2 N–H and O–H groups in total. The summed E-state index contributed by atoms with van der Waals surface area (Å²) in [6.07, 6.45) is 0. The standard InChI is InChI=1S/C19H20N4O3/c1-12(2)20-19(24)21-15-8-4-13(5-9-15)17-22-18(26-23-17)14-6-10-16(25-3)11-7-14/h4-12H,1-3H3,(H2,20,21,24). The van der Waals surface area contributed by atoms with E-state index in [-0.39, 0.29) is 12.1 Å². The topological polar surface area (TPSA) is 89.3 Å². The number of methoxy groups -OCH3 is 1. The monoisotopic (exact) mass is 352 g/mol. The molecule has 0 fully saturated rings. The van der Waals surface area contributed by atoms with E-state index in [1.165, 1.54) is 0 Å². The van der Waals surface area contributed by atoms with Gasteiger partial charge in [0.25, 0.3) is 5.89 Å². The lowest BCUT2D eigenvalue weighted by Gasteiger charge is -2.10. The minimum Gasteiger partial charge on any atom is -0.497 e. The highest BCUT2D eigenvalue weighted by atomic mass is 16.5. The normalized spacial score (nSPS) is 10.6. The van der Waals surface area contributed by atoms with E-state index in [9.17, 15) is 4.79 Å². The first kappa shape index (κ1) is 17.5. The van der Waals surface area contributed by atoms with Crippen molar-refractivity contribution in [3.05, 3.63) is 48.5 Å². The lowest BCUT2D eigenvalue weighted by Crippen LogP contribution is -2.34. The Balaban J connectivity index is 1.71. The highest BCUT2D eigenvalue weighted by molar-refractivity contribution is 5.89. The van der Waals surface area contributed by atoms with Gasteiger partial charge in [0.15, 0.2) is 0 Å². The molecule has 0 atom stereocenters. The maximum atomic E-state index is 11.7. The summed E-state index contributed by atoms with van der Waals surface area (Å²) in [6.45, 7) is 3.80. The third kappa shape index (κ3) is 4.18. The van der Waals surface area contributed by atoms with Gasteiger partial charge in [0.05, 0.1) is 7.11 Å². The van der Waals surface area contributed by atoms with Gasteiger partial charge in [0.1, 0.15) is 5.75 Å². The van der Waals surface area contributed by atoms with Gasteiger partial charge in [0.2, 0.25) is 5.82 Å². The molecule has 2 aromatic carbocycles. The van der Waals surface area contributed by atoms with Crippen molar-refractivity contribution in [3.8, 4) is 28.6 Å². The molecule has 0 unspecified atom stereocenters. The molecule has 7 heteroatoms. The van der Waals surface area contributed by atoms with Crippen LogP contribution < -0.4 is 15.4 Å². The molecule has 0 saturated heterocycles. The largest absolute Gasteiger partial charge is 0.497 e. The summed E-state index contributed by atoms with van der Waals surface area (Å²) in [5, 5.41) is 9.55. The SMILES string of the molecule is COc1ccc(-c2nc(-c3ccc(NC(=O)NC(C)C)cc3)no2)cc1. The van der Waals surface area contributed by atoms with Crippen LogP contribution in [0.2, 0.25) is 0 Å². The number of urea groups is 1. The maximum absolute atomic E-state index is 11.7. The Morgan fingerprint density at radius 2 is 1.69 bits per heavy atom. The Labute approximate surface area is 151 Å². The Morgan fingerprint density at radius 3 is 2.31 bits per heavy atom. The van der Waals surface area contributed by atoms with Crippen LogP contribution in [0.15, 0.2) is 53.1 Å². The molecular formula is C19H20N4O3. The molecule has 3 aromatic rings. The number of rotatable bonds is 5. The van der Waals surface area contributed by atoms with E-state index in [2.05, 4.69) is 20.8 Å². The smallest absolute Gasteiger partial charge is 0.319 e. The van der Waals surface area contributed by atoms with Crippen LogP contribution in [0.5, 0.6) is 5.75 Å². The summed E-state index contributed by atoms with van der Waals surface area (Å²) in [5.74, 6) is 1.67. The third-order valence-electron chi connectivity index (χ3n) is 3.58. The summed E-state index contributed by atoms with van der Waals surface area (Å²) in [7, 11) is 1.62. The number of nitrogens with zero attached hydrogens (tertiary/aromatic N) is 2. The minimum atomic E-state index is -0.242. The van der Waals surface area contributed by atoms with E-state index < -0.39 is 0 Å². The van der Waals surface area contributed by atoms with Crippen LogP contribution in [0.4, 0.5) is 10.5 Å². The van der Waals surface area contributed by atoms with E-state index >= 15 is 0 Å². The van der Waals surface area contributed by atoms with Gasteiger partial charge in [0, 0.05) is 22.9 Å². The van der Waals surface area contributed by atoms with Crippen LogP contribution in [0.3, 0.4) is 0 Å². The fourth-order valence-corrected chi connectivity index (χ4v) is 2.32. The van der Waals surface area contributed by atoms with E-state index in [4.69, 9.17) is 9.26 Å². The maximum Gasteiger partial charge on any atom is 0.319 e. The Hall–Kier alpha value is -3.35. The van der Waals surface area contributed by atoms with Gasteiger partial charge in [-0.1, -0.05) is 5.16 Å². The molecular weight excluding hydrogens is 332 g/mol. The second kappa shape index (κ2) is 7.69. The van der Waals surface area contributed by atoms with Gasteiger partial charge < -0.3 is 19.9 Å². The number of anilines is 1. The summed E-state index contributed by atoms with van der Waals surface area (Å²) >= 11 is 0. The summed E-state index contributed by atoms with van der Waals surface area (Å²) in [4.78, 5) is 16.1. The van der Waals surface area contributed by atoms with Crippen molar-refractivity contribution in [1.29, 1.82) is 0 Å². The van der Waals surface area contributed by atoms with Crippen molar-refractivity contribution >= 4 is 11.7 Å². The zero-order valence-electron chi connectivity index (χ0n) is 14.8. The fourth-order valence-electron chi connectivity index (χ4n) is 2.32. The van der Waals surface area contributed by atoms with E-state index in [1.54, 1.807) is 19.2 Å². The zero-order chi connectivity index (χ0) is 18.5. The Kier molecular flexibility index (Phi) is 5.17. The van der Waals surface area contributed by atoms with Crippen LogP contribution >= 0.6 is 0 Å². The van der Waals surface area contributed by atoms with Gasteiger partial charge in [-0.3, -0.25) is 0 Å². The molecule has 0 aliphatic rings. The number of ether oxygens (including phenoxy) is 1. The first-order valence-electron chi connectivity index (χ1n) is 8.21. The molecule has 0 aliphatic carbocycles. The number of amides is 2. The average Bonchev–Trinajstić information content (AvgIpc) is 3.12. The van der Waals surface area contributed by atoms with Crippen molar-refractivity contribution < 1.29 is 14.1 Å². The number of carbonyl (C=O) groups is 1. The zero-order valence-corrected chi connectivity index (χ0v) is 14.8. The van der Waals surface area contributed by atoms with E-state index in [1.807, 2.05) is 50.2 Å². The molecule has 26 heavy (non-hydrogen) atoms. The number of nitrogens with one attached hydrogen (secondary N) is 2. The molecule has 0 saturated carbocycles. The van der Waals surface area contributed by atoms with E-state index in [0.29, 0.717) is 17.4 Å². The van der Waals surface area contributed by atoms with Crippen molar-refractivity contribution in [2.24, 2.45) is 0 Å². The lowest BCUT2D eigenvalue weighted by atomic mass is 10.2. The molecule has 7 nitrogen and oxygen atoms in total. The average molecular weight is 352 g/mol. The van der Waals surface area contributed by atoms with Crippen LogP contribution in [-0.4, -0.2) is 29.3 Å². The number of hydrogen-bond acceptors (Lipinski definition) is 5. The van der Waals surface area contributed by atoms with Crippen molar-refractivity contribution in [2.45, 2.75) is 19.9 Å². The molecule has 3 rings (SSSR count). The van der Waals surface area contributed by atoms with Crippen molar-refractivity contribution in [2.75, 3.05) is 12.4 Å². The molecule has 1 aromatic heterocycles. The van der Waals surface area contributed by atoms with Crippen LogP contribution in [0.1, 0.15) is 13.8 Å². The van der Waals surface area contributed by atoms with Gasteiger partial charge in [-0.05, 0) is 62.4 Å². The highest BCUT2D eigenvalue weighted by Crippen LogP contribution is 2.24. The number of aromatic nitrogens is 2. The molecule has 0 bridgehead atoms. The minimum absolute atomic E-state index is 0.0741. The van der Waals surface area contributed by atoms with Gasteiger partial charge in [-0.2, -0.15) is 4.98 Å². The summed E-state index contributed by atoms with van der Waals surface area (Å²) in [5.41, 5.74) is 2.29. The number of hydrogen-bond donors (Lipinski definition) is 2. The summed E-state index contributed by atoms with van der Waals surface area (Å²) < 4.78 is 10.5. The first-order chi connectivity index (χ1) is 12.5. The fraction of sp³-hybridized carbons (Fsp3) is 0.211. The Morgan fingerprint density at radius 1 is 1.04 bits per heavy atom. The second-order valence-corrected chi connectivity index (χ2v) is 5.98. The van der Waals surface area contributed by atoms with Gasteiger partial charge in [-0.15, -0.1) is 0 Å². The number of benzene rings is 2. The molecule has 134 valence electrons. The van der Waals surface area contributed by atoms with Crippen molar-refractivity contribution in [3.63, 3.8) is 0 Å². The molecule has 0 spiro atoms. The molecule has 0 radical (unpaired) electrons. The quantitative estimate of drug-likeness (QED) is 0.726. The first-order valence-corrected chi connectivity index (χ1v) is 8.21. The predicted molar refractivity (Wildman–Crippen MR) is 99.0 cm³/mol. The van der Waals surface area contributed by atoms with E-state index in [0.717, 1.165) is 16.9 Å². The molecule has 0 aliphatic heterocycles. The van der Waals surface area contributed by atoms with Gasteiger partial charge >= 0.3 is 6.03 Å². The predicted octanol–water partition coefficient (Wildman–Crippen LogP) is 3.94. The molecule has 2 amide bonds. The Bertz CT molecular complexity index is 871. The second-order valence-electron chi connectivity index (χ2n) is 5.98. The lowest BCUT2D eigenvalue weighted by molar-refractivity contribution is 0.250. The third-order valence-corrected chi connectivity index (χ3v) is 3.58. The summed E-state index contributed by atoms with van der Waals surface area (Å²) in [6, 6.07) is 14.5. The molecule has 1 heterocycles. The van der Waals surface area contributed by atoms with Crippen molar-refractivity contribution in [1.82, 2.24) is 15.5 Å². The highest BCUT2D eigenvalue weighted by Gasteiger charge is 2.11.